The van der Waals surface area contributed by atoms with Crippen LogP contribution in [0.5, 0.6) is 23.0 Å². The summed E-state index contributed by atoms with van der Waals surface area (Å²) in [6.07, 6.45) is 0.326. The van der Waals surface area contributed by atoms with Crippen molar-refractivity contribution in [2.24, 2.45) is 5.10 Å². The monoisotopic (exact) mass is 748 g/mol. The maximum atomic E-state index is 13.5. The predicted molar refractivity (Wildman–Crippen MR) is 175 cm³/mol. The summed E-state index contributed by atoms with van der Waals surface area (Å²) in [4.78, 5) is 24.6. The van der Waals surface area contributed by atoms with Crippen LogP contribution >= 0.6 is 22.6 Å². The first-order valence-corrected chi connectivity index (χ1v) is 15.2. The van der Waals surface area contributed by atoms with E-state index in [0.717, 1.165) is 3.57 Å². The van der Waals surface area contributed by atoms with Gasteiger partial charge in [0.05, 0.1) is 42.2 Å². The lowest BCUT2D eigenvalue weighted by Crippen LogP contribution is -2.45. The maximum absolute atomic E-state index is 13.5. The molecule has 1 heterocycles. The van der Waals surface area contributed by atoms with E-state index in [1.165, 1.54) is 32.6 Å². The van der Waals surface area contributed by atoms with Crippen LogP contribution in [0.25, 0.3) is 0 Å². The molecule has 4 rings (SSSR count). The minimum atomic E-state index is -1.18. The van der Waals surface area contributed by atoms with Gasteiger partial charge in [0.25, 0.3) is 0 Å². The highest BCUT2D eigenvalue weighted by atomic mass is 127. The smallest absolute Gasteiger partial charge is 0.337 e. The van der Waals surface area contributed by atoms with Crippen molar-refractivity contribution in [3.63, 3.8) is 0 Å². The predicted octanol–water partition coefficient (Wildman–Crippen LogP) is 4.54. The molecule has 0 spiro atoms. The summed E-state index contributed by atoms with van der Waals surface area (Å²) in [6.45, 7) is 3.73. The molecular formula is C32H34FIN4O8. The van der Waals surface area contributed by atoms with Gasteiger partial charge in [-0.2, -0.15) is 5.10 Å². The van der Waals surface area contributed by atoms with Crippen LogP contribution in [0.2, 0.25) is 0 Å². The van der Waals surface area contributed by atoms with Gasteiger partial charge in [-0.25, -0.2) is 14.0 Å². The number of hydrazone groups is 1. The number of carbonyl (C=O) groups excluding carboxylic acids is 2. The van der Waals surface area contributed by atoms with E-state index in [4.69, 9.17) is 23.7 Å². The van der Waals surface area contributed by atoms with E-state index in [1.807, 2.05) is 6.07 Å². The highest BCUT2D eigenvalue weighted by Gasteiger charge is 2.32. The fourth-order valence-corrected chi connectivity index (χ4v) is 5.34. The summed E-state index contributed by atoms with van der Waals surface area (Å²) in [6, 6.07) is 13.4. The van der Waals surface area contributed by atoms with Gasteiger partial charge in [-0.3, -0.25) is 5.43 Å². The molecular weight excluding hydrogens is 714 g/mol. The lowest BCUT2D eigenvalue weighted by atomic mass is 9.95. The Labute approximate surface area is 279 Å². The Bertz CT molecular complexity index is 1630. The number of benzene rings is 3. The Balaban J connectivity index is 1.39. The van der Waals surface area contributed by atoms with Crippen LogP contribution in [0.1, 0.15) is 36.6 Å². The maximum Gasteiger partial charge on any atom is 0.337 e. The number of hydrogen-bond acceptors (Lipinski definition) is 10. The first-order valence-electron chi connectivity index (χ1n) is 14.1. The Morgan fingerprint density at radius 1 is 1.11 bits per heavy atom. The molecule has 0 radical (unpaired) electrons. The topological polar surface area (TPSA) is 149 Å². The quantitative estimate of drug-likeness (QED) is 0.0614. The second-order valence-corrected chi connectivity index (χ2v) is 11.0. The molecule has 1 aliphatic heterocycles. The van der Waals surface area contributed by atoms with Crippen molar-refractivity contribution >= 4 is 40.8 Å². The van der Waals surface area contributed by atoms with Gasteiger partial charge in [0.1, 0.15) is 19.0 Å². The zero-order chi connectivity index (χ0) is 33.2. The Morgan fingerprint density at radius 2 is 1.91 bits per heavy atom. The van der Waals surface area contributed by atoms with E-state index in [1.54, 1.807) is 50.2 Å². The molecule has 4 N–H and O–H groups in total. The van der Waals surface area contributed by atoms with Crippen molar-refractivity contribution in [1.29, 1.82) is 0 Å². The van der Waals surface area contributed by atoms with Crippen LogP contribution in [0, 0.1) is 9.39 Å². The third kappa shape index (κ3) is 8.78. The summed E-state index contributed by atoms with van der Waals surface area (Å²) < 4.78 is 42.1. The van der Waals surface area contributed by atoms with Gasteiger partial charge >= 0.3 is 12.0 Å². The lowest BCUT2D eigenvalue weighted by Gasteiger charge is -2.28. The molecule has 0 unspecified atom stereocenters. The molecule has 2 atom stereocenters. The fraction of sp³-hybridized carbons (Fsp3) is 0.281. The van der Waals surface area contributed by atoms with Gasteiger partial charge in [0, 0.05) is 5.70 Å². The standard InChI is InChI=1S/C32H34FIN4O8/c1-5-44-25-14-21(29-28(31(40)43-4)18(2)36-32(41)37-29)9-10-24(25)45-17-27(39)38-35-15-20-12-23(34)30(26(13-20)42-3)46-16-19-7-6-8-22(33)11-19/h6-15,27,29,38-39H,5,16-17H2,1-4H3,(H2,36,37,41)/b35-15-/t27-,29-/m0/s1. The number of aliphatic hydroxyl groups is 1. The summed E-state index contributed by atoms with van der Waals surface area (Å²) in [5.41, 5.74) is 5.18. The Hall–Kier alpha value is -4.57. The third-order valence-corrected chi connectivity index (χ3v) is 7.43. The van der Waals surface area contributed by atoms with Gasteiger partial charge in [0.15, 0.2) is 29.2 Å². The van der Waals surface area contributed by atoms with E-state index in [-0.39, 0.29) is 24.6 Å². The number of methoxy groups -OCH3 is 2. The second-order valence-electron chi connectivity index (χ2n) is 9.87. The summed E-state index contributed by atoms with van der Waals surface area (Å²) in [5, 5.41) is 19.9. The molecule has 0 saturated heterocycles. The average Bonchev–Trinajstić information content (AvgIpc) is 3.03. The number of ether oxygens (including phenoxy) is 5. The first-order chi connectivity index (χ1) is 22.1. The molecule has 3 aromatic carbocycles. The fourth-order valence-electron chi connectivity index (χ4n) is 4.56. The summed E-state index contributed by atoms with van der Waals surface area (Å²) in [7, 11) is 2.78. The molecule has 0 saturated carbocycles. The number of nitrogens with zero attached hydrogens (tertiary/aromatic N) is 1. The van der Waals surface area contributed by atoms with Crippen molar-refractivity contribution in [3.8, 4) is 23.0 Å². The number of urea groups is 1. The van der Waals surface area contributed by atoms with Crippen LogP contribution < -0.4 is 35.0 Å². The Kier molecular flexibility index (Phi) is 12.0. The van der Waals surface area contributed by atoms with Gasteiger partial charge < -0.3 is 39.4 Å². The molecule has 244 valence electrons. The molecule has 46 heavy (non-hydrogen) atoms. The highest BCUT2D eigenvalue weighted by Crippen LogP contribution is 2.36. The largest absolute Gasteiger partial charge is 0.493 e. The van der Waals surface area contributed by atoms with Crippen molar-refractivity contribution < 1.29 is 42.8 Å². The number of halogens is 2. The van der Waals surface area contributed by atoms with Gasteiger partial charge in [-0.05, 0) is 89.5 Å². The van der Waals surface area contributed by atoms with Crippen molar-refractivity contribution in [2.45, 2.75) is 32.7 Å². The average molecular weight is 749 g/mol. The molecule has 14 heteroatoms. The Morgan fingerprint density at radius 3 is 2.63 bits per heavy atom. The molecule has 2 amide bonds. The van der Waals surface area contributed by atoms with E-state index in [2.05, 4.69) is 43.8 Å². The zero-order valence-electron chi connectivity index (χ0n) is 25.6. The molecule has 0 fully saturated rings. The molecule has 0 aromatic heterocycles. The summed E-state index contributed by atoms with van der Waals surface area (Å²) in [5.74, 6) is 0.748. The zero-order valence-corrected chi connectivity index (χ0v) is 27.7. The van der Waals surface area contributed by atoms with Crippen molar-refractivity contribution in [3.05, 3.63) is 91.9 Å². The van der Waals surface area contributed by atoms with Crippen LogP contribution in [0.15, 0.2) is 71.0 Å². The second kappa shape index (κ2) is 16.1. The number of esters is 1. The number of hydrogen-bond donors (Lipinski definition) is 4. The van der Waals surface area contributed by atoms with Crippen molar-refractivity contribution in [1.82, 2.24) is 16.1 Å². The SMILES string of the molecule is CCOc1cc([C@@H]2NC(=O)NC(C)=C2C(=O)OC)ccc1OC[C@H](O)N/N=C\c1cc(I)c(OCc2cccc(F)c2)c(OC)c1. The van der Waals surface area contributed by atoms with Crippen LogP contribution in [-0.4, -0.2) is 57.0 Å². The number of nitrogens with one attached hydrogen (secondary N) is 3. The number of allylic oxidation sites excluding steroid dienone is 1. The van der Waals surface area contributed by atoms with Crippen LogP contribution in [0.3, 0.4) is 0 Å². The van der Waals surface area contributed by atoms with Gasteiger partial charge in [-0.1, -0.05) is 18.2 Å². The third-order valence-electron chi connectivity index (χ3n) is 6.63. The number of aliphatic hydroxyl groups excluding tert-OH is 1. The first kappa shape index (κ1) is 34.3. The van der Waals surface area contributed by atoms with E-state index in [0.29, 0.717) is 52.0 Å². The molecule has 3 aromatic rings. The van der Waals surface area contributed by atoms with Crippen LogP contribution in [-0.2, 0) is 16.1 Å². The number of amides is 2. The van der Waals surface area contributed by atoms with E-state index < -0.39 is 24.3 Å². The molecule has 0 aliphatic carbocycles. The van der Waals surface area contributed by atoms with Gasteiger partial charge in [-0.15, -0.1) is 0 Å². The number of carbonyl (C=O) groups is 2. The van der Waals surface area contributed by atoms with E-state index >= 15 is 0 Å². The summed E-state index contributed by atoms with van der Waals surface area (Å²) >= 11 is 2.11. The highest BCUT2D eigenvalue weighted by molar-refractivity contribution is 14.1. The molecule has 1 aliphatic rings. The minimum Gasteiger partial charge on any atom is -0.493 e. The number of rotatable bonds is 14. The van der Waals surface area contributed by atoms with Gasteiger partial charge in [0.2, 0.25) is 0 Å². The van der Waals surface area contributed by atoms with Crippen molar-refractivity contribution in [2.75, 3.05) is 27.4 Å². The lowest BCUT2D eigenvalue weighted by molar-refractivity contribution is -0.136. The van der Waals surface area contributed by atoms with Crippen LogP contribution in [0.4, 0.5) is 9.18 Å². The minimum absolute atomic E-state index is 0.166. The molecule has 12 nitrogen and oxygen atoms in total. The van der Waals surface area contributed by atoms with E-state index in [9.17, 15) is 19.1 Å². The molecule has 0 bridgehead atoms. The normalized spacial score (nSPS) is 15.1.